The average molecular weight is 373 g/mol. The summed E-state index contributed by atoms with van der Waals surface area (Å²) in [5.41, 5.74) is 1.16. The molecule has 0 bridgehead atoms. The SMILES string of the molecule is COc1cccc(C(=O)NC2CCN(C(=O)c3cccc(Cl)c3)CC2)c1. The number of rotatable bonds is 4. The number of carbonyl (C=O) groups excluding carboxylic acids is 2. The second kappa shape index (κ2) is 8.23. The first-order valence-corrected chi connectivity index (χ1v) is 8.94. The molecular weight excluding hydrogens is 352 g/mol. The Morgan fingerprint density at radius 3 is 2.46 bits per heavy atom. The van der Waals surface area contributed by atoms with Crippen molar-refractivity contribution in [2.45, 2.75) is 18.9 Å². The zero-order valence-corrected chi connectivity index (χ0v) is 15.3. The second-order valence-corrected chi connectivity index (χ2v) is 6.72. The topological polar surface area (TPSA) is 58.6 Å². The zero-order valence-electron chi connectivity index (χ0n) is 14.6. The Morgan fingerprint density at radius 2 is 1.77 bits per heavy atom. The molecule has 3 rings (SSSR count). The fraction of sp³-hybridized carbons (Fsp3) is 0.300. The standard InChI is InChI=1S/C20H21ClN2O3/c1-26-18-7-3-4-14(13-18)19(24)22-17-8-10-23(11-9-17)20(25)15-5-2-6-16(21)12-15/h2-7,12-13,17H,8-11H2,1H3,(H,22,24). The van der Waals surface area contributed by atoms with Crippen molar-refractivity contribution in [3.05, 3.63) is 64.7 Å². The second-order valence-electron chi connectivity index (χ2n) is 6.28. The molecule has 1 N–H and O–H groups in total. The first-order chi connectivity index (χ1) is 12.6. The number of methoxy groups -OCH3 is 1. The number of hydrogen-bond donors (Lipinski definition) is 1. The molecule has 0 atom stereocenters. The van der Waals surface area contributed by atoms with Crippen LogP contribution in [0.5, 0.6) is 5.75 Å². The first-order valence-electron chi connectivity index (χ1n) is 8.56. The third-order valence-electron chi connectivity index (χ3n) is 4.52. The number of benzene rings is 2. The molecule has 2 amide bonds. The lowest BCUT2D eigenvalue weighted by Crippen LogP contribution is -2.46. The van der Waals surface area contributed by atoms with E-state index in [-0.39, 0.29) is 17.9 Å². The van der Waals surface area contributed by atoms with Gasteiger partial charge in [0.15, 0.2) is 0 Å². The van der Waals surface area contributed by atoms with Crippen molar-refractivity contribution in [3.8, 4) is 5.75 Å². The normalized spacial score (nSPS) is 14.8. The van der Waals surface area contributed by atoms with Gasteiger partial charge >= 0.3 is 0 Å². The Morgan fingerprint density at radius 1 is 1.08 bits per heavy atom. The third-order valence-corrected chi connectivity index (χ3v) is 4.76. The molecule has 1 fully saturated rings. The Kier molecular flexibility index (Phi) is 5.78. The van der Waals surface area contributed by atoms with E-state index in [1.165, 1.54) is 0 Å². The molecule has 0 aliphatic carbocycles. The molecule has 136 valence electrons. The summed E-state index contributed by atoms with van der Waals surface area (Å²) in [5, 5.41) is 3.59. The van der Waals surface area contributed by atoms with Gasteiger partial charge in [-0.1, -0.05) is 23.7 Å². The van der Waals surface area contributed by atoms with Gasteiger partial charge in [0.1, 0.15) is 5.75 Å². The highest BCUT2D eigenvalue weighted by Gasteiger charge is 2.25. The molecule has 26 heavy (non-hydrogen) atoms. The van der Waals surface area contributed by atoms with Gasteiger partial charge in [-0.05, 0) is 49.2 Å². The molecule has 1 heterocycles. The third kappa shape index (κ3) is 4.35. The molecule has 1 aliphatic rings. The fourth-order valence-corrected chi connectivity index (χ4v) is 3.25. The number of halogens is 1. The molecule has 0 spiro atoms. The summed E-state index contributed by atoms with van der Waals surface area (Å²) in [4.78, 5) is 26.7. The Bertz CT molecular complexity index is 801. The summed E-state index contributed by atoms with van der Waals surface area (Å²) >= 11 is 5.96. The van der Waals surface area contributed by atoms with E-state index in [1.807, 2.05) is 0 Å². The van der Waals surface area contributed by atoms with Gasteiger partial charge in [-0.2, -0.15) is 0 Å². The van der Waals surface area contributed by atoms with Gasteiger partial charge in [0.25, 0.3) is 11.8 Å². The van der Waals surface area contributed by atoms with E-state index in [1.54, 1.807) is 60.5 Å². The zero-order chi connectivity index (χ0) is 18.5. The monoisotopic (exact) mass is 372 g/mol. The molecule has 5 nitrogen and oxygen atoms in total. The van der Waals surface area contributed by atoms with Crippen LogP contribution in [0.25, 0.3) is 0 Å². The summed E-state index contributed by atoms with van der Waals surface area (Å²) in [7, 11) is 1.57. The van der Waals surface area contributed by atoms with Gasteiger partial charge in [-0.25, -0.2) is 0 Å². The van der Waals surface area contributed by atoms with E-state index in [0.29, 0.717) is 35.0 Å². The van der Waals surface area contributed by atoms with Crippen molar-refractivity contribution in [1.82, 2.24) is 10.2 Å². The highest BCUT2D eigenvalue weighted by atomic mass is 35.5. The number of likely N-dealkylation sites (tertiary alicyclic amines) is 1. The minimum absolute atomic E-state index is 0.0231. The number of hydrogen-bond acceptors (Lipinski definition) is 3. The van der Waals surface area contributed by atoms with E-state index in [0.717, 1.165) is 12.8 Å². The average Bonchev–Trinajstić information content (AvgIpc) is 2.68. The highest BCUT2D eigenvalue weighted by molar-refractivity contribution is 6.30. The number of ether oxygens (including phenoxy) is 1. The summed E-state index contributed by atoms with van der Waals surface area (Å²) in [5.74, 6) is 0.508. The Hall–Kier alpha value is -2.53. The number of amides is 2. The molecule has 0 saturated carbocycles. The Balaban J connectivity index is 1.55. The van der Waals surface area contributed by atoms with Crippen LogP contribution in [0.15, 0.2) is 48.5 Å². The number of piperidine rings is 1. The van der Waals surface area contributed by atoms with E-state index in [4.69, 9.17) is 16.3 Å². The summed E-state index contributed by atoms with van der Waals surface area (Å²) in [6.07, 6.45) is 1.45. The maximum atomic E-state index is 12.5. The minimum atomic E-state index is -0.122. The quantitative estimate of drug-likeness (QED) is 0.895. The van der Waals surface area contributed by atoms with Crippen LogP contribution in [0.2, 0.25) is 5.02 Å². The van der Waals surface area contributed by atoms with Crippen LogP contribution in [0, 0.1) is 0 Å². The van der Waals surface area contributed by atoms with Crippen molar-refractivity contribution in [1.29, 1.82) is 0 Å². The Labute approximate surface area is 157 Å². The fourth-order valence-electron chi connectivity index (χ4n) is 3.06. The molecule has 0 radical (unpaired) electrons. The molecule has 6 heteroatoms. The molecule has 0 unspecified atom stereocenters. The van der Waals surface area contributed by atoms with Crippen LogP contribution in [-0.2, 0) is 0 Å². The van der Waals surface area contributed by atoms with Crippen LogP contribution in [0.1, 0.15) is 33.6 Å². The van der Waals surface area contributed by atoms with E-state index < -0.39 is 0 Å². The highest BCUT2D eigenvalue weighted by Crippen LogP contribution is 2.18. The van der Waals surface area contributed by atoms with Crippen molar-refractivity contribution < 1.29 is 14.3 Å². The lowest BCUT2D eigenvalue weighted by Gasteiger charge is -2.32. The summed E-state index contributed by atoms with van der Waals surface area (Å²) < 4.78 is 5.15. The van der Waals surface area contributed by atoms with Crippen molar-refractivity contribution in [2.24, 2.45) is 0 Å². The maximum absolute atomic E-state index is 12.5. The van der Waals surface area contributed by atoms with Gasteiger partial charge in [0, 0.05) is 35.3 Å². The number of nitrogens with zero attached hydrogens (tertiary/aromatic N) is 1. The van der Waals surface area contributed by atoms with E-state index >= 15 is 0 Å². The molecule has 2 aromatic carbocycles. The van der Waals surface area contributed by atoms with Crippen LogP contribution in [0.4, 0.5) is 0 Å². The van der Waals surface area contributed by atoms with E-state index in [2.05, 4.69) is 5.32 Å². The van der Waals surface area contributed by atoms with Gasteiger partial charge in [0.05, 0.1) is 7.11 Å². The van der Waals surface area contributed by atoms with Crippen molar-refractivity contribution >= 4 is 23.4 Å². The van der Waals surface area contributed by atoms with Crippen LogP contribution in [0.3, 0.4) is 0 Å². The summed E-state index contributed by atoms with van der Waals surface area (Å²) in [6, 6.07) is 14.1. The van der Waals surface area contributed by atoms with Gasteiger partial charge in [-0.3, -0.25) is 9.59 Å². The molecule has 1 saturated heterocycles. The lowest BCUT2D eigenvalue weighted by atomic mass is 10.0. The first kappa shape index (κ1) is 18.3. The largest absolute Gasteiger partial charge is 0.497 e. The maximum Gasteiger partial charge on any atom is 0.253 e. The summed E-state index contributed by atoms with van der Waals surface area (Å²) in [6.45, 7) is 1.21. The van der Waals surface area contributed by atoms with Crippen molar-refractivity contribution in [2.75, 3.05) is 20.2 Å². The molecule has 1 aliphatic heterocycles. The van der Waals surface area contributed by atoms with Crippen LogP contribution >= 0.6 is 11.6 Å². The van der Waals surface area contributed by atoms with Gasteiger partial charge in [0.2, 0.25) is 0 Å². The van der Waals surface area contributed by atoms with Gasteiger partial charge < -0.3 is 15.0 Å². The molecule has 2 aromatic rings. The minimum Gasteiger partial charge on any atom is -0.497 e. The molecule has 0 aromatic heterocycles. The van der Waals surface area contributed by atoms with Crippen molar-refractivity contribution in [3.63, 3.8) is 0 Å². The predicted octanol–water partition coefficient (Wildman–Crippen LogP) is 3.38. The molecular formula is C20H21ClN2O3. The number of carbonyl (C=O) groups is 2. The van der Waals surface area contributed by atoms with Crippen LogP contribution in [-0.4, -0.2) is 43.0 Å². The van der Waals surface area contributed by atoms with Gasteiger partial charge in [-0.15, -0.1) is 0 Å². The number of nitrogens with one attached hydrogen (secondary N) is 1. The van der Waals surface area contributed by atoms with E-state index in [9.17, 15) is 9.59 Å². The smallest absolute Gasteiger partial charge is 0.253 e. The van der Waals surface area contributed by atoms with Crippen LogP contribution < -0.4 is 10.1 Å². The predicted molar refractivity (Wildman–Crippen MR) is 101 cm³/mol. The lowest BCUT2D eigenvalue weighted by molar-refractivity contribution is 0.0698.